The largest absolute Gasteiger partial charge is 0.393 e. The third-order valence-electron chi connectivity index (χ3n) is 1.01. The van der Waals surface area contributed by atoms with Gasteiger partial charge in [0.15, 0.2) is 5.90 Å². The Morgan fingerprint density at radius 2 is 2.50 bits per heavy atom. The predicted octanol–water partition coefficient (Wildman–Crippen LogP) is 0.571. The Hall–Kier alpha value is -1.01. The number of terminal acetylenes is 1. The van der Waals surface area contributed by atoms with Crippen LogP contribution in [0.15, 0.2) is 0 Å². The lowest BCUT2D eigenvalue weighted by Gasteiger charge is -1.98. The van der Waals surface area contributed by atoms with E-state index in [1.54, 1.807) is 0 Å². The monoisotopic (exact) mass is 140 g/mol. The molecular formula is C7H12N2O. The first kappa shape index (κ1) is 8.99. The molecule has 0 fully saturated rings. The molecule has 0 aliphatic heterocycles. The van der Waals surface area contributed by atoms with Gasteiger partial charge < -0.3 is 10.1 Å². The fourth-order valence-corrected chi connectivity index (χ4v) is 0.548. The average Bonchev–Trinajstić information content (AvgIpc) is 1.89. The predicted molar refractivity (Wildman–Crippen MR) is 40.8 cm³/mol. The molecule has 0 spiro atoms. The molecule has 2 N–H and O–H groups in total. The van der Waals surface area contributed by atoms with Crippen LogP contribution in [0.25, 0.3) is 0 Å². The fourth-order valence-electron chi connectivity index (χ4n) is 0.548. The molecule has 0 aliphatic rings. The van der Waals surface area contributed by atoms with E-state index in [0.29, 0.717) is 6.42 Å². The van der Waals surface area contributed by atoms with Gasteiger partial charge in [-0.1, -0.05) is 6.42 Å². The van der Waals surface area contributed by atoms with Gasteiger partial charge in [0.25, 0.3) is 0 Å². The van der Waals surface area contributed by atoms with Crippen molar-refractivity contribution in [3.8, 4) is 12.5 Å². The topological polar surface area (TPSA) is 45.1 Å². The first-order valence-electron chi connectivity index (χ1n) is 3.15. The highest BCUT2D eigenvalue weighted by Gasteiger charge is 1.93. The third-order valence-corrected chi connectivity index (χ3v) is 1.01. The van der Waals surface area contributed by atoms with Crippen LogP contribution in [0.5, 0.6) is 0 Å². The van der Waals surface area contributed by atoms with Crippen molar-refractivity contribution in [2.45, 2.75) is 12.8 Å². The van der Waals surface area contributed by atoms with Crippen LogP contribution in [0.4, 0.5) is 0 Å². The first-order valence-corrected chi connectivity index (χ1v) is 3.15. The molecule has 0 rings (SSSR count). The highest BCUT2D eigenvalue weighted by Crippen LogP contribution is 1.89. The second kappa shape index (κ2) is 6.12. The molecule has 0 aromatic heterocycles. The van der Waals surface area contributed by atoms with E-state index in [-0.39, 0.29) is 5.90 Å². The Morgan fingerprint density at radius 3 is 3.00 bits per heavy atom. The van der Waals surface area contributed by atoms with E-state index in [1.807, 2.05) is 13.2 Å². The normalized spacial score (nSPS) is 8.40. The number of hydrogen-bond donors (Lipinski definition) is 2. The van der Waals surface area contributed by atoms with Gasteiger partial charge in [0.2, 0.25) is 0 Å². The molecule has 0 aromatic carbocycles. The number of ether oxygens (including phenoxy) is 1. The van der Waals surface area contributed by atoms with E-state index in [4.69, 9.17) is 11.8 Å². The van der Waals surface area contributed by atoms with E-state index >= 15 is 0 Å². The van der Waals surface area contributed by atoms with E-state index in [2.05, 4.69) is 10.1 Å². The fraction of sp³-hybridized carbons (Fsp3) is 0.571. The molecule has 0 unspecified atom stereocenters. The molecule has 0 amide bonds. The number of nitrogens with one attached hydrogen (secondary N) is 2. The lowest BCUT2D eigenvalue weighted by molar-refractivity contribution is 0.484. The molecule has 0 aliphatic carbocycles. The maximum absolute atomic E-state index is 7.07. The Morgan fingerprint density at radius 1 is 1.80 bits per heavy atom. The zero-order chi connectivity index (χ0) is 7.82. The van der Waals surface area contributed by atoms with Gasteiger partial charge in [-0.2, -0.15) is 0 Å². The third kappa shape index (κ3) is 5.13. The van der Waals surface area contributed by atoms with Crippen LogP contribution in [0.1, 0.15) is 12.8 Å². The summed E-state index contributed by atoms with van der Waals surface area (Å²) in [6.07, 6.45) is 8.24. The number of hydrogen-bond acceptors (Lipinski definition) is 3. The van der Waals surface area contributed by atoms with Crippen molar-refractivity contribution in [3.63, 3.8) is 0 Å². The van der Waals surface area contributed by atoms with Crippen LogP contribution in [0.3, 0.4) is 0 Å². The van der Waals surface area contributed by atoms with Gasteiger partial charge >= 0.3 is 0 Å². The SMILES string of the molecule is C#COC(=N)CCCNC. The molecule has 0 aromatic rings. The Kier molecular flexibility index (Phi) is 5.50. The average molecular weight is 140 g/mol. The summed E-state index contributed by atoms with van der Waals surface area (Å²) in [4.78, 5) is 0. The maximum atomic E-state index is 7.07. The lowest BCUT2D eigenvalue weighted by atomic mass is 10.3. The summed E-state index contributed by atoms with van der Waals surface area (Å²) >= 11 is 0. The maximum Gasteiger partial charge on any atom is 0.199 e. The molecule has 0 saturated carbocycles. The summed E-state index contributed by atoms with van der Waals surface area (Å²) < 4.78 is 4.47. The second-order valence-electron chi connectivity index (χ2n) is 1.85. The minimum atomic E-state index is 0.165. The highest BCUT2D eigenvalue weighted by molar-refractivity contribution is 5.73. The van der Waals surface area contributed by atoms with Crippen molar-refractivity contribution < 1.29 is 4.74 Å². The summed E-state index contributed by atoms with van der Waals surface area (Å²) in [5.74, 6) is 0.165. The van der Waals surface area contributed by atoms with Crippen LogP contribution < -0.4 is 5.32 Å². The molecule has 3 heteroatoms. The minimum Gasteiger partial charge on any atom is -0.393 e. The van der Waals surface area contributed by atoms with Crippen LogP contribution in [0.2, 0.25) is 0 Å². The molecule has 0 radical (unpaired) electrons. The molecule has 56 valence electrons. The van der Waals surface area contributed by atoms with E-state index in [9.17, 15) is 0 Å². The van der Waals surface area contributed by atoms with Crippen LogP contribution >= 0.6 is 0 Å². The van der Waals surface area contributed by atoms with Crippen LogP contribution in [-0.4, -0.2) is 19.5 Å². The van der Waals surface area contributed by atoms with Crippen molar-refractivity contribution in [1.82, 2.24) is 5.32 Å². The minimum absolute atomic E-state index is 0.165. The van der Waals surface area contributed by atoms with E-state index in [1.165, 1.54) is 0 Å². The van der Waals surface area contributed by atoms with Crippen molar-refractivity contribution in [2.75, 3.05) is 13.6 Å². The van der Waals surface area contributed by atoms with Crippen LogP contribution in [-0.2, 0) is 4.74 Å². The summed E-state index contributed by atoms with van der Waals surface area (Å²) in [6.45, 7) is 0.885. The summed E-state index contributed by atoms with van der Waals surface area (Å²) in [5.41, 5.74) is 0. The molecular weight excluding hydrogens is 128 g/mol. The highest BCUT2D eigenvalue weighted by atomic mass is 16.5. The molecule has 0 bridgehead atoms. The first-order chi connectivity index (χ1) is 4.81. The summed E-state index contributed by atoms with van der Waals surface area (Å²) in [5, 5.41) is 10.0. The molecule has 0 saturated heterocycles. The van der Waals surface area contributed by atoms with Crippen LogP contribution in [0, 0.1) is 17.9 Å². The van der Waals surface area contributed by atoms with Gasteiger partial charge in [0, 0.05) is 6.42 Å². The number of rotatable bonds is 4. The van der Waals surface area contributed by atoms with Gasteiger partial charge in [-0.25, -0.2) is 0 Å². The van der Waals surface area contributed by atoms with Crippen molar-refractivity contribution in [1.29, 1.82) is 5.41 Å². The Bertz CT molecular complexity index is 137. The standard InChI is InChI=1S/C7H12N2O/c1-3-10-7(8)5-4-6-9-2/h1,8-9H,4-6H2,2H3. The van der Waals surface area contributed by atoms with Gasteiger partial charge in [0.05, 0.1) is 0 Å². The van der Waals surface area contributed by atoms with E-state index < -0.39 is 0 Å². The zero-order valence-corrected chi connectivity index (χ0v) is 6.11. The molecule has 0 atom stereocenters. The second-order valence-corrected chi connectivity index (χ2v) is 1.85. The van der Waals surface area contributed by atoms with Gasteiger partial charge in [0.1, 0.15) is 6.11 Å². The summed E-state index contributed by atoms with van der Waals surface area (Å²) in [6, 6.07) is 0. The lowest BCUT2D eigenvalue weighted by Crippen LogP contribution is -2.09. The smallest absolute Gasteiger partial charge is 0.199 e. The Balaban J connectivity index is 3.15. The van der Waals surface area contributed by atoms with Gasteiger partial charge in [-0.05, 0) is 20.0 Å². The summed E-state index contributed by atoms with van der Waals surface area (Å²) in [7, 11) is 1.87. The van der Waals surface area contributed by atoms with Crippen molar-refractivity contribution in [3.05, 3.63) is 0 Å². The molecule has 0 heterocycles. The molecule has 10 heavy (non-hydrogen) atoms. The quantitative estimate of drug-likeness (QED) is 0.259. The van der Waals surface area contributed by atoms with E-state index in [0.717, 1.165) is 13.0 Å². The van der Waals surface area contributed by atoms with Gasteiger partial charge in [-0.3, -0.25) is 5.41 Å². The van der Waals surface area contributed by atoms with Crippen molar-refractivity contribution >= 4 is 5.90 Å². The van der Waals surface area contributed by atoms with Crippen molar-refractivity contribution in [2.24, 2.45) is 0 Å². The molecule has 3 nitrogen and oxygen atoms in total. The van der Waals surface area contributed by atoms with Gasteiger partial charge in [-0.15, -0.1) is 0 Å². The zero-order valence-electron chi connectivity index (χ0n) is 6.11. The Labute approximate surface area is 61.3 Å².